The molecule has 0 unspecified atom stereocenters. The van der Waals surface area contributed by atoms with Gasteiger partial charge >= 0.3 is 0 Å². The molecule has 1 aromatic carbocycles. The molecule has 0 N–H and O–H groups in total. The number of halogens is 1. The Bertz CT molecular complexity index is 348. The van der Waals surface area contributed by atoms with Gasteiger partial charge in [0, 0.05) is 4.47 Å². The summed E-state index contributed by atoms with van der Waals surface area (Å²) in [6.45, 7) is 7.99. The van der Waals surface area contributed by atoms with E-state index >= 15 is 0 Å². The molecule has 0 atom stereocenters. The Kier molecular flexibility index (Phi) is 3.49. The first kappa shape index (κ1) is 10.3. The van der Waals surface area contributed by atoms with Crippen molar-refractivity contribution < 1.29 is 0 Å². The third kappa shape index (κ3) is 2.56. The number of allylic oxidation sites excluding steroid dienone is 2. The fraction of sp³-hybridized carbons (Fsp3) is 0.167. The molecule has 0 aliphatic heterocycles. The SMILES string of the molecule is C=C(C)c1ccc(Br)cc1/C=C\C. The monoisotopic (exact) mass is 236 g/mol. The highest BCUT2D eigenvalue weighted by Crippen LogP contribution is 2.22. The molecule has 0 spiro atoms. The van der Waals surface area contributed by atoms with E-state index in [1.165, 1.54) is 11.1 Å². The van der Waals surface area contributed by atoms with Gasteiger partial charge < -0.3 is 0 Å². The number of hydrogen-bond donors (Lipinski definition) is 0. The van der Waals surface area contributed by atoms with Crippen LogP contribution in [-0.4, -0.2) is 0 Å². The van der Waals surface area contributed by atoms with Gasteiger partial charge in [-0.3, -0.25) is 0 Å². The van der Waals surface area contributed by atoms with Crippen LogP contribution in [0.1, 0.15) is 25.0 Å². The Morgan fingerprint density at radius 1 is 1.46 bits per heavy atom. The van der Waals surface area contributed by atoms with Crippen molar-refractivity contribution in [3.8, 4) is 0 Å². The zero-order valence-corrected chi connectivity index (χ0v) is 9.56. The maximum atomic E-state index is 3.95. The van der Waals surface area contributed by atoms with Crippen LogP contribution < -0.4 is 0 Å². The third-order valence-corrected chi connectivity index (χ3v) is 2.31. The topological polar surface area (TPSA) is 0 Å². The Morgan fingerprint density at radius 2 is 2.15 bits per heavy atom. The Hall–Kier alpha value is -0.820. The summed E-state index contributed by atoms with van der Waals surface area (Å²) in [6.07, 6.45) is 4.13. The van der Waals surface area contributed by atoms with Gasteiger partial charge in [-0.15, -0.1) is 0 Å². The van der Waals surface area contributed by atoms with Crippen molar-refractivity contribution in [2.45, 2.75) is 13.8 Å². The number of benzene rings is 1. The van der Waals surface area contributed by atoms with Gasteiger partial charge in [-0.2, -0.15) is 0 Å². The molecular weight excluding hydrogens is 224 g/mol. The molecule has 0 aliphatic rings. The molecule has 0 saturated heterocycles. The van der Waals surface area contributed by atoms with Crippen LogP contribution in [0.4, 0.5) is 0 Å². The van der Waals surface area contributed by atoms with Crippen molar-refractivity contribution in [3.05, 3.63) is 46.5 Å². The molecule has 0 fully saturated rings. The highest BCUT2D eigenvalue weighted by molar-refractivity contribution is 9.10. The summed E-state index contributed by atoms with van der Waals surface area (Å²) in [7, 11) is 0. The zero-order chi connectivity index (χ0) is 9.84. The minimum atomic E-state index is 1.10. The van der Waals surface area contributed by atoms with Crippen LogP contribution in [0.2, 0.25) is 0 Å². The zero-order valence-electron chi connectivity index (χ0n) is 7.97. The van der Waals surface area contributed by atoms with Crippen molar-refractivity contribution >= 4 is 27.6 Å². The molecule has 0 aliphatic carbocycles. The van der Waals surface area contributed by atoms with Crippen molar-refractivity contribution in [2.75, 3.05) is 0 Å². The molecule has 0 saturated carbocycles. The van der Waals surface area contributed by atoms with Gasteiger partial charge in [0.1, 0.15) is 0 Å². The second kappa shape index (κ2) is 4.43. The minimum absolute atomic E-state index is 1.10. The van der Waals surface area contributed by atoms with E-state index < -0.39 is 0 Å². The standard InChI is InChI=1S/C12H13Br/c1-4-5-10-8-11(13)6-7-12(10)9(2)3/h4-8H,2H2,1,3H3/b5-4-. The molecule has 1 aromatic rings. The predicted octanol–water partition coefficient (Wildman–Crippen LogP) is 4.52. The van der Waals surface area contributed by atoms with Crippen molar-refractivity contribution in [3.63, 3.8) is 0 Å². The molecule has 0 amide bonds. The Morgan fingerprint density at radius 3 is 2.69 bits per heavy atom. The van der Waals surface area contributed by atoms with Crippen molar-refractivity contribution in [1.82, 2.24) is 0 Å². The quantitative estimate of drug-likeness (QED) is 0.709. The lowest BCUT2D eigenvalue weighted by Crippen LogP contribution is -1.84. The minimum Gasteiger partial charge on any atom is -0.0955 e. The second-order valence-corrected chi connectivity index (χ2v) is 3.93. The highest BCUT2D eigenvalue weighted by Gasteiger charge is 2.00. The van der Waals surface area contributed by atoms with E-state index in [-0.39, 0.29) is 0 Å². The van der Waals surface area contributed by atoms with Crippen LogP contribution in [0.15, 0.2) is 35.3 Å². The van der Waals surface area contributed by atoms with Crippen LogP contribution >= 0.6 is 15.9 Å². The molecule has 0 radical (unpaired) electrons. The van der Waals surface area contributed by atoms with Crippen molar-refractivity contribution in [1.29, 1.82) is 0 Å². The fourth-order valence-corrected chi connectivity index (χ4v) is 1.62. The summed E-state index contributed by atoms with van der Waals surface area (Å²) in [5.74, 6) is 0. The summed E-state index contributed by atoms with van der Waals surface area (Å²) >= 11 is 3.45. The first-order valence-electron chi connectivity index (χ1n) is 4.23. The Labute approximate surface area is 88.1 Å². The van der Waals surface area contributed by atoms with Gasteiger partial charge in [-0.25, -0.2) is 0 Å². The van der Waals surface area contributed by atoms with Gasteiger partial charge in [-0.05, 0) is 37.1 Å². The summed E-state index contributed by atoms with van der Waals surface area (Å²) < 4.78 is 1.10. The molecule has 0 heterocycles. The predicted molar refractivity (Wildman–Crippen MR) is 63.6 cm³/mol. The van der Waals surface area contributed by atoms with Gasteiger partial charge in [0.15, 0.2) is 0 Å². The third-order valence-electron chi connectivity index (χ3n) is 1.82. The molecule has 1 heteroatoms. The maximum absolute atomic E-state index is 3.95. The lowest BCUT2D eigenvalue weighted by atomic mass is 10.0. The van der Waals surface area contributed by atoms with E-state index in [0.717, 1.165) is 10.0 Å². The summed E-state index contributed by atoms with van der Waals surface area (Å²) in [5.41, 5.74) is 3.52. The van der Waals surface area contributed by atoms with E-state index in [1.54, 1.807) is 0 Å². The lowest BCUT2D eigenvalue weighted by molar-refractivity contribution is 1.51. The van der Waals surface area contributed by atoms with E-state index in [2.05, 4.69) is 40.7 Å². The largest absolute Gasteiger partial charge is 0.0955 e. The first-order valence-corrected chi connectivity index (χ1v) is 5.02. The van der Waals surface area contributed by atoms with Crippen LogP contribution in [-0.2, 0) is 0 Å². The molecule has 1 rings (SSSR count). The average Bonchev–Trinajstić information content (AvgIpc) is 2.04. The molecule has 0 nitrogen and oxygen atoms in total. The average molecular weight is 237 g/mol. The maximum Gasteiger partial charge on any atom is 0.0181 e. The fourth-order valence-electron chi connectivity index (χ4n) is 1.24. The van der Waals surface area contributed by atoms with Crippen LogP contribution in [0.5, 0.6) is 0 Å². The van der Waals surface area contributed by atoms with Gasteiger partial charge in [0.05, 0.1) is 0 Å². The molecule has 68 valence electrons. The van der Waals surface area contributed by atoms with Crippen LogP contribution in [0.3, 0.4) is 0 Å². The van der Waals surface area contributed by atoms with E-state index in [4.69, 9.17) is 0 Å². The second-order valence-electron chi connectivity index (χ2n) is 3.01. The summed E-state index contributed by atoms with van der Waals surface area (Å²) in [4.78, 5) is 0. The molecule has 0 aromatic heterocycles. The van der Waals surface area contributed by atoms with Crippen molar-refractivity contribution in [2.24, 2.45) is 0 Å². The first-order chi connectivity index (χ1) is 6.15. The molecule has 13 heavy (non-hydrogen) atoms. The van der Waals surface area contributed by atoms with Gasteiger partial charge in [-0.1, -0.05) is 46.3 Å². The Balaban J connectivity index is 3.26. The lowest BCUT2D eigenvalue weighted by Gasteiger charge is -2.05. The molecular formula is C12H13Br. The summed E-state index contributed by atoms with van der Waals surface area (Å²) in [6, 6.07) is 6.22. The van der Waals surface area contributed by atoms with E-state index in [0.29, 0.717) is 0 Å². The van der Waals surface area contributed by atoms with E-state index in [9.17, 15) is 0 Å². The number of hydrogen-bond acceptors (Lipinski definition) is 0. The highest BCUT2D eigenvalue weighted by atomic mass is 79.9. The number of rotatable bonds is 2. The normalized spacial score (nSPS) is 10.7. The summed E-state index contributed by atoms with van der Waals surface area (Å²) in [5, 5.41) is 0. The van der Waals surface area contributed by atoms with Gasteiger partial charge in [0.25, 0.3) is 0 Å². The molecule has 0 bridgehead atoms. The van der Waals surface area contributed by atoms with Crippen LogP contribution in [0, 0.1) is 0 Å². The smallest absolute Gasteiger partial charge is 0.0181 e. The van der Waals surface area contributed by atoms with Crippen LogP contribution in [0.25, 0.3) is 11.6 Å². The van der Waals surface area contributed by atoms with Gasteiger partial charge in [0.2, 0.25) is 0 Å². The van der Waals surface area contributed by atoms with E-state index in [1.807, 2.05) is 26.0 Å².